The van der Waals surface area contributed by atoms with Gasteiger partial charge in [-0.05, 0) is 25.0 Å². The lowest BCUT2D eigenvalue weighted by Crippen LogP contribution is -2.41. The molecule has 0 bridgehead atoms. The van der Waals surface area contributed by atoms with Crippen LogP contribution in [0.1, 0.15) is 12.8 Å². The molecule has 1 amide bonds. The number of aromatic nitrogens is 4. The van der Waals surface area contributed by atoms with Crippen molar-refractivity contribution in [3.8, 4) is 11.5 Å². The minimum Gasteiger partial charge on any atom is -0.497 e. The Morgan fingerprint density at radius 2 is 2.14 bits per heavy atom. The maximum atomic E-state index is 12.9. The average molecular weight is 382 g/mol. The number of ether oxygens (including phenoxy) is 2. The van der Waals surface area contributed by atoms with Gasteiger partial charge in [0.15, 0.2) is 11.5 Å². The Labute approximate surface area is 162 Å². The van der Waals surface area contributed by atoms with E-state index in [4.69, 9.17) is 9.47 Å². The number of piperidine rings is 1. The third-order valence-corrected chi connectivity index (χ3v) is 4.96. The highest BCUT2D eigenvalue weighted by Gasteiger charge is 2.28. The zero-order valence-corrected chi connectivity index (χ0v) is 15.8. The normalized spacial score (nSPS) is 16.8. The Balaban J connectivity index is 1.50. The highest BCUT2D eigenvalue weighted by atomic mass is 16.5. The van der Waals surface area contributed by atoms with Gasteiger partial charge in [-0.3, -0.25) is 4.79 Å². The van der Waals surface area contributed by atoms with Crippen molar-refractivity contribution < 1.29 is 14.3 Å². The Morgan fingerprint density at radius 1 is 1.25 bits per heavy atom. The number of hydrogen-bond donors (Lipinski definition) is 2. The van der Waals surface area contributed by atoms with Crippen molar-refractivity contribution in [3.63, 3.8) is 0 Å². The smallest absolute Gasteiger partial charge is 0.229 e. The van der Waals surface area contributed by atoms with Crippen LogP contribution in [-0.2, 0) is 4.79 Å². The number of H-pyrrole nitrogens is 1. The fourth-order valence-corrected chi connectivity index (χ4v) is 3.51. The fraction of sp³-hybridized carbons (Fsp3) is 0.368. The highest BCUT2D eigenvalue weighted by molar-refractivity contribution is 5.95. The average Bonchev–Trinajstić information content (AvgIpc) is 3.23. The summed E-state index contributed by atoms with van der Waals surface area (Å²) < 4.78 is 10.6. The summed E-state index contributed by atoms with van der Waals surface area (Å²) in [6, 6.07) is 5.33. The number of hydrogen-bond acceptors (Lipinski definition) is 7. The molecule has 2 aromatic heterocycles. The molecule has 146 valence electrons. The van der Waals surface area contributed by atoms with E-state index in [1.807, 2.05) is 0 Å². The summed E-state index contributed by atoms with van der Waals surface area (Å²) in [5.41, 5.74) is 2.04. The first kappa shape index (κ1) is 18.0. The van der Waals surface area contributed by atoms with E-state index >= 15 is 0 Å². The lowest BCUT2D eigenvalue weighted by molar-refractivity contribution is -0.120. The van der Waals surface area contributed by atoms with Crippen molar-refractivity contribution in [2.75, 3.05) is 37.5 Å². The number of carbonyl (C=O) groups excluding carboxylic acids is 1. The molecule has 3 heterocycles. The van der Waals surface area contributed by atoms with E-state index < -0.39 is 0 Å². The van der Waals surface area contributed by atoms with Crippen molar-refractivity contribution in [1.82, 2.24) is 19.9 Å². The second kappa shape index (κ2) is 7.71. The van der Waals surface area contributed by atoms with Crippen LogP contribution in [-0.4, -0.2) is 53.2 Å². The van der Waals surface area contributed by atoms with E-state index in [0.29, 0.717) is 29.4 Å². The van der Waals surface area contributed by atoms with Crippen LogP contribution in [0.15, 0.2) is 30.9 Å². The zero-order valence-electron chi connectivity index (χ0n) is 15.8. The molecule has 3 aromatic rings. The number of methoxy groups -OCH3 is 2. The van der Waals surface area contributed by atoms with Crippen LogP contribution in [0, 0.1) is 5.92 Å². The number of aromatic amines is 1. The van der Waals surface area contributed by atoms with Crippen molar-refractivity contribution in [2.24, 2.45) is 5.92 Å². The summed E-state index contributed by atoms with van der Waals surface area (Å²) in [4.78, 5) is 30.8. The minimum atomic E-state index is -0.159. The van der Waals surface area contributed by atoms with Gasteiger partial charge in [0.05, 0.1) is 32.2 Å². The molecule has 0 spiro atoms. The van der Waals surface area contributed by atoms with Crippen molar-refractivity contribution >= 4 is 28.6 Å². The van der Waals surface area contributed by atoms with E-state index in [9.17, 15) is 4.79 Å². The molecule has 28 heavy (non-hydrogen) atoms. The quantitative estimate of drug-likeness (QED) is 0.697. The molecule has 1 saturated heterocycles. The molecule has 0 unspecified atom stereocenters. The summed E-state index contributed by atoms with van der Waals surface area (Å²) in [5.74, 6) is 1.82. The van der Waals surface area contributed by atoms with Crippen molar-refractivity contribution in [2.45, 2.75) is 12.8 Å². The largest absolute Gasteiger partial charge is 0.497 e. The number of rotatable bonds is 5. The summed E-state index contributed by atoms with van der Waals surface area (Å²) in [6.45, 7) is 1.41. The highest BCUT2D eigenvalue weighted by Crippen LogP contribution is 2.31. The molecule has 1 aromatic carbocycles. The van der Waals surface area contributed by atoms with Crippen molar-refractivity contribution in [1.29, 1.82) is 0 Å². The van der Waals surface area contributed by atoms with E-state index in [2.05, 4.69) is 30.2 Å². The Bertz CT molecular complexity index is 989. The van der Waals surface area contributed by atoms with Gasteiger partial charge in [0.1, 0.15) is 23.3 Å². The summed E-state index contributed by atoms with van der Waals surface area (Å²) >= 11 is 0. The maximum absolute atomic E-state index is 12.9. The Hall–Kier alpha value is -3.36. The molecule has 1 aliphatic heterocycles. The first-order chi connectivity index (χ1) is 13.7. The number of fused-ring (bicyclic) bond motifs is 1. The van der Waals surface area contributed by atoms with Crippen LogP contribution in [0.3, 0.4) is 0 Å². The second-order valence-corrected chi connectivity index (χ2v) is 6.64. The second-order valence-electron chi connectivity index (χ2n) is 6.64. The maximum Gasteiger partial charge on any atom is 0.229 e. The third-order valence-electron chi connectivity index (χ3n) is 4.96. The van der Waals surface area contributed by atoms with Gasteiger partial charge < -0.3 is 24.7 Å². The number of amides is 1. The third kappa shape index (κ3) is 3.42. The van der Waals surface area contributed by atoms with Gasteiger partial charge in [0.2, 0.25) is 5.91 Å². The van der Waals surface area contributed by atoms with E-state index in [1.54, 1.807) is 38.7 Å². The van der Waals surface area contributed by atoms with Crippen LogP contribution in [0.5, 0.6) is 11.5 Å². The number of anilines is 2. The van der Waals surface area contributed by atoms with Gasteiger partial charge in [-0.25, -0.2) is 15.0 Å². The Morgan fingerprint density at radius 3 is 2.96 bits per heavy atom. The lowest BCUT2D eigenvalue weighted by Gasteiger charge is -2.33. The van der Waals surface area contributed by atoms with Gasteiger partial charge >= 0.3 is 0 Å². The molecule has 9 heteroatoms. The van der Waals surface area contributed by atoms with Gasteiger partial charge in [0.25, 0.3) is 0 Å². The first-order valence-corrected chi connectivity index (χ1v) is 9.11. The molecular weight excluding hydrogens is 360 g/mol. The number of benzene rings is 1. The van der Waals surface area contributed by atoms with Crippen LogP contribution < -0.4 is 19.7 Å². The number of nitrogens with zero attached hydrogens (tertiary/aromatic N) is 4. The first-order valence-electron chi connectivity index (χ1n) is 9.11. The number of nitrogens with one attached hydrogen (secondary N) is 2. The topological polar surface area (TPSA) is 105 Å². The lowest BCUT2D eigenvalue weighted by atomic mass is 9.97. The molecule has 0 aliphatic carbocycles. The molecule has 1 fully saturated rings. The summed E-state index contributed by atoms with van der Waals surface area (Å²) in [6.07, 6.45) is 4.83. The van der Waals surface area contributed by atoms with Gasteiger partial charge in [-0.15, -0.1) is 0 Å². The molecule has 2 N–H and O–H groups in total. The van der Waals surface area contributed by atoms with E-state index in [-0.39, 0.29) is 11.8 Å². The van der Waals surface area contributed by atoms with Gasteiger partial charge in [-0.2, -0.15) is 0 Å². The molecule has 1 atom stereocenters. The SMILES string of the molecule is COc1ccc(NC(=O)[C@@H]2CCCN(c3ncnc4nc[nH]c34)C2)c(OC)c1. The molecular formula is C19H22N6O3. The van der Waals surface area contributed by atoms with Crippen molar-refractivity contribution in [3.05, 3.63) is 30.9 Å². The van der Waals surface area contributed by atoms with Crippen LogP contribution in [0.2, 0.25) is 0 Å². The molecule has 4 rings (SSSR count). The monoisotopic (exact) mass is 382 g/mol. The van der Waals surface area contributed by atoms with Crippen LogP contribution >= 0.6 is 0 Å². The fourth-order valence-electron chi connectivity index (χ4n) is 3.51. The molecule has 0 radical (unpaired) electrons. The number of carbonyl (C=O) groups is 1. The molecule has 1 aliphatic rings. The zero-order chi connectivity index (χ0) is 19.5. The number of imidazole rings is 1. The predicted octanol–water partition coefficient (Wildman–Crippen LogP) is 2.23. The molecule has 9 nitrogen and oxygen atoms in total. The van der Waals surface area contributed by atoms with Crippen LogP contribution in [0.4, 0.5) is 11.5 Å². The summed E-state index contributed by atoms with van der Waals surface area (Å²) in [7, 11) is 3.16. The van der Waals surface area contributed by atoms with Gasteiger partial charge in [-0.1, -0.05) is 0 Å². The minimum absolute atomic E-state index is 0.0388. The predicted molar refractivity (Wildman–Crippen MR) is 105 cm³/mol. The standard InChI is InChI=1S/C19H22N6O3/c1-27-13-5-6-14(15(8-13)28-2)24-19(26)12-4-3-7-25(9-12)18-16-17(21-10-20-16)22-11-23-18/h5-6,8,10-12H,3-4,7,9H2,1-2H3,(H,24,26)(H,20,21,22,23)/t12-/m1/s1. The van der Waals surface area contributed by atoms with Gasteiger partial charge in [0, 0.05) is 19.2 Å². The molecule has 0 saturated carbocycles. The summed E-state index contributed by atoms with van der Waals surface area (Å²) in [5, 5.41) is 2.99. The Kier molecular flexibility index (Phi) is 4.96. The van der Waals surface area contributed by atoms with E-state index in [0.717, 1.165) is 30.7 Å². The van der Waals surface area contributed by atoms with Crippen LogP contribution in [0.25, 0.3) is 11.2 Å². The van der Waals surface area contributed by atoms with E-state index in [1.165, 1.54) is 6.33 Å².